The molecule has 0 aromatic heterocycles. The van der Waals surface area contributed by atoms with Crippen molar-refractivity contribution >= 4 is 11.5 Å². The molecule has 0 aliphatic heterocycles. The third-order valence-corrected chi connectivity index (χ3v) is 1.97. The monoisotopic (exact) mass is 243 g/mol. The van der Waals surface area contributed by atoms with Crippen molar-refractivity contribution in [2.45, 2.75) is 20.0 Å². The Hall–Kier alpha value is -1.78. The Labute approximate surface area is 97.1 Å². The van der Waals surface area contributed by atoms with Crippen LogP contribution in [-0.4, -0.2) is 5.78 Å². The van der Waals surface area contributed by atoms with E-state index < -0.39 is 11.7 Å². The van der Waals surface area contributed by atoms with E-state index in [0.717, 1.165) is 12.1 Å². The van der Waals surface area contributed by atoms with Gasteiger partial charge in [0, 0.05) is 11.4 Å². The SMILES string of the molecule is CC(=O)/C=C(/C)Nc1ccc(C(F)(F)F)cc1. The van der Waals surface area contributed by atoms with Crippen LogP contribution in [0.4, 0.5) is 18.9 Å². The van der Waals surface area contributed by atoms with Gasteiger partial charge in [-0.3, -0.25) is 4.79 Å². The third-order valence-electron chi connectivity index (χ3n) is 1.97. The van der Waals surface area contributed by atoms with Gasteiger partial charge in [0.05, 0.1) is 5.56 Å². The van der Waals surface area contributed by atoms with Gasteiger partial charge >= 0.3 is 6.18 Å². The van der Waals surface area contributed by atoms with E-state index in [1.54, 1.807) is 6.92 Å². The molecule has 0 atom stereocenters. The number of alkyl halides is 3. The summed E-state index contributed by atoms with van der Waals surface area (Å²) >= 11 is 0. The van der Waals surface area contributed by atoms with E-state index >= 15 is 0 Å². The summed E-state index contributed by atoms with van der Waals surface area (Å²) in [5.74, 6) is -0.123. The number of rotatable bonds is 3. The van der Waals surface area contributed by atoms with E-state index in [9.17, 15) is 18.0 Å². The highest BCUT2D eigenvalue weighted by molar-refractivity contribution is 5.88. The molecule has 0 heterocycles. The Morgan fingerprint density at radius 1 is 1.18 bits per heavy atom. The smallest absolute Gasteiger partial charge is 0.359 e. The Morgan fingerprint density at radius 3 is 2.12 bits per heavy atom. The summed E-state index contributed by atoms with van der Waals surface area (Å²) in [7, 11) is 0. The lowest BCUT2D eigenvalue weighted by atomic mass is 10.2. The molecule has 0 saturated heterocycles. The minimum Gasteiger partial charge on any atom is -0.359 e. The first-order valence-corrected chi connectivity index (χ1v) is 4.92. The first kappa shape index (κ1) is 13.3. The molecule has 0 unspecified atom stereocenters. The second-order valence-electron chi connectivity index (χ2n) is 3.64. The van der Waals surface area contributed by atoms with Crippen molar-refractivity contribution in [1.29, 1.82) is 0 Å². The van der Waals surface area contributed by atoms with E-state index in [1.165, 1.54) is 25.1 Å². The molecule has 1 rings (SSSR count). The first-order valence-electron chi connectivity index (χ1n) is 4.92. The van der Waals surface area contributed by atoms with Crippen LogP contribution in [0.15, 0.2) is 36.0 Å². The number of hydrogen-bond acceptors (Lipinski definition) is 2. The molecule has 5 heteroatoms. The molecule has 0 radical (unpaired) electrons. The highest BCUT2D eigenvalue weighted by Gasteiger charge is 2.29. The van der Waals surface area contributed by atoms with Gasteiger partial charge in [0.2, 0.25) is 0 Å². The van der Waals surface area contributed by atoms with Gasteiger partial charge in [-0.25, -0.2) is 0 Å². The first-order chi connectivity index (χ1) is 7.79. The van der Waals surface area contributed by atoms with Gasteiger partial charge in [0.1, 0.15) is 0 Å². The van der Waals surface area contributed by atoms with Crippen LogP contribution in [-0.2, 0) is 11.0 Å². The van der Waals surface area contributed by atoms with Crippen molar-refractivity contribution in [3.05, 3.63) is 41.6 Å². The van der Waals surface area contributed by atoms with Gasteiger partial charge in [0.15, 0.2) is 5.78 Å². The molecule has 17 heavy (non-hydrogen) atoms. The van der Waals surface area contributed by atoms with E-state index in [0.29, 0.717) is 11.4 Å². The molecule has 0 fully saturated rings. The summed E-state index contributed by atoms with van der Waals surface area (Å²) < 4.78 is 36.8. The lowest BCUT2D eigenvalue weighted by Gasteiger charge is -2.09. The third kappa shape index (κ3) is 4.30. The number of nitrogens with one attached hydrogen (secondary N) is 1. The Morgan fingerprint density at radius 2 is 1.71 bits per heavy atom. The molecule has 0 aliphatic rings. The zero-order chi connectivity index (χ0) is 13.1. The quantitative estimate of drug-likeness (QED) is 0.821. The fraction of sp³-hybridized carbons (Fsp3) is 0.250. The highest BCUT2D eigenvalue weighted by Crippen LogP contribution is 2.29. The predicted molar refractivity (Wildman–Crippen MR) is 59.5 cm³/mol. The number of hydrogen-bond donors (Lipinski definition) is 1. The Kier molecular flexibility index (Phi) is 3.93. The van der Waals surface area contributed by atoms with Crippen LogP contribution in [0, 0.1) is 0 Å². The van der Waals surface area contributed by atoms with Gasteiger partial charge < -0.3 is 5.32 Å². The van der Waals surface area contributed by atoms with Crippen LogP contribution in [0.2, 0.25) is 0 Å². The van der Waals surface area contributed by atoms with Crippen molar-refractivity contribution in [3.63, 3.8) is 0 Å². The van der Waals surface area contributed by atoms with E-state index in [2.05, 4.69) is 5.32 Å². The molecule has 1 N–H and O–H groups in total. The van der Waals surface area contributed by atoms with Crippen molar-refractivity contribution < 1.29 is 18.0 Å². The Balaban J connectivity index is 2.79. The average molecular weight is 243 g/mol. The maximum Gasteiger partial charge on any atom is 0.416 e. The van der Waals surface area contributed by atoms with Crippen molar-refractivity contribution in [2.24, 2.45) is 0 Å². The normalized spacial score (nSPS) is 12.4. The topological polar surface area (TPSA) is 29.1 Å². The van der Waals surface area contributed by atoms with Gasteiger partial charge in [-0.2, -0.15) is 13.2 Å². The number of halogens is 3. The molecular formula is C12H12F3NO. The summed E-state index contributed by atoms with van der Waals surface area (Å²) in [5, 5.41) is 2.82. The fourth-order valence-electron chi connectivity index (χ4n) is 1.31. The van der Waals surface area contributed by atoms with Crippen molar-refractivity contribution in [3.8, 4) is 0 Å². The minimum absolute atomic E-state index is 0.123. The second-order valence-corrected chi connectivity index (χ2v) is 3.64. The van der Waals surface area contributed by atoms with E-state index in [1.807, 2.05) is 0 Å². The summed E-state index contributed by atoms with van der Waals surface area (Å²) in [6.45, 7) is 3.07. The lowest BCUT2D eigenvalue weighted by Crippen LogP contribution is -2.05. The summed E-state index contributed by atoms with van der Waals surface area (Å²) in [4.78, 5) is 10.8. The summed E-state index contributed by atoms with van der Waals surface area (Å²) in [6.07, 6.45) is -2.96. The maximum absolute atomic E-state index is 12.3. The van der Waals surface area contributed by atoms with Crippen LogP contribution in [0.1, 0.15) is 19.4 Å². The largest absolute Gasteiger partial charge is 0.416 e. The molecule has 0 aliphatic carbocycles. The van der Waals surface area contributed by atoms with Crippen LogP contribution < -0.4 is 5.32 Å². The molecular weight excluding hydrogens is 231 g/mol. The molecule has 92 valence electrons. The molecule has 1 aromatic rings. The van der Waals surface area contributed by atoms with Gasteiger partial charge in [-0.05, 0) is 44.2 Å². The van der Waals surface area contributed by atoms with Crippen molar-refractivity contribution in [2.75, 3.05) is 5.32 Å². The maximum atomic E-state index is 12.3. The number of benzene rings is 1. The summed E-state index contributed by atoms with van der Waals surface area (Å²) in [6, 6.07) is 4.62. The lowest BCUT2D eigenvalue weighted by molar-refractivity contribution is -0.137. The Bertz CT molecular complexity index is 432. The average Bonchev–Trinajstić information content (AvgIpc) is 2.15. The molecule has 0 spiro atoms. The van der Waals surface area contributed by atoms with Gasteiger partial charge in [-0.1, -0.05) is 0 Å². The highest BCUT2D eigenvalue weighted by atomic mass is 19.4. The van der Waals surface area contributed by atoms with Gasteiger partial charge in [0.25, 0.3) is 0 Å². The predicted octanol–water partition coefficient (Wildman–Crippen LogP) is 3.61. The standard InChI is InChI=1S/C12H12F3NO/c1-8(7-9(2)17)16-11-5-3-10(4-6-11)12(13,14)15/h3-7,16H,1-2H3/b8-7-. The molecule has 0 amide bonds. The number of allylic oxidation sites excluding steroid dienone is 2. The molecule has 1 aromatic carbocycles. The molecule has 0 saturated carbocycles. The minimum atomic E-state index is -4.33. The van der Waals surface area contributed by atoms with E-state index in [-0.39, 0.29) is 5.78 Å². The number of carbonyl (C=O) groups is 1. The molecule has 2 nitrogen and oxygen atoms in total. The molecule has 0 bridgehead atoms. The second kappa shape index (κ2) is 5.03. The fourth-order valence-corrected chi connectivity index (χ4v) is 1.31. The zero-order valence-electron chi connectivity index (χ0n) is 9.43. The number of ketones is 1. The van der Waals surface area contributed by atoms with Crippen LogP contribution >= 0.6 is 0 Å². The van der Waals surface area contributed by atoms with Crippen LogP contribution in [0.3, 0.4) is 0 Å². The van der Waals surface area contributed by atoms with Crippen LogP contribution in [0.5, 0.6) is 0 Å². The van der Waals surface area contributed by atoms with Crippen molar-refractivity contribution in [1.82, 2.24) is 0 Å². The van der Waals surface area contributed by atoms with Crippen LogP contribution in [0.25, 0.3) is 0 Å². The number of carbonyl (C=O) groups excluding carboxylic acids is 1. The zero-order valence-corrected chi connectivity index (χ0v) is 9.43. The summed E-state index contributed by atoms with van der Waals surface area (Å²) in [5.41, 5.74) is 0.390. The number of anilines is 1. The van der Waals surface area contributed by atoms with Gasteiger partial charge in [-0.15, -0.1) is 0 Å². The van der Waals surface area contributed by atoms with E-state index in [4.69, 9.17) is 0 Å².